The van der Waals surface area contributed by atoms with Crippen LogP contribution in [-0.2, 0) is 9.47 Å². The lowest BCUT2D eigenvalue weighted by atomic mass is 9.90. The molecule has 2 rings (SSSR count). The van der Waals surface area contributed by atoms with Crippen molar-refractivity contribution in [3.63, 3.8) is 0 Å². The predicted octanol–water partition coefficient (Wildman–Crippen LogP) is 3.90. The summed E-state index contributed by atoms with van der Waals surface area (Å²) in [5, 5.41) is 0.164. The third-order valence-electron chi connectivity index (χ3n) is 3.86. The van der Waals surface area contributed by atoms with Gasteiger partial charge in [0.25, 0.3) is 0 Å². The highest BCUT2D eigenvalue weighted by atomic mass is 35.5. The molecule has 2 saturated carbocycles. The molecule has 0 aliphatic heterocycles. The maximum atomic E-state index is 6.19. The molecule has 0 radical (unpaired) electrons. The van der Waals surface area contributed by atoms with Crippen molar-refractivity contribution < 1.29 is 9.47 Å². The summed E-state index contributed by atoms with van der Waals surface area (Å²) in [4.78, 5) is 0. The van der Waals surface area contributed by atoms with Crippen molar-refractivity contribution in [2.75, 3.05) is 6.61 Å². The van der Waals surface area contributed by atoms with Crippen LogP contribution in [0.2, 0.25) is 0 Å². The lowest BCUT2D eigenvalue weighted by Crippen LogP contribution is -2.52. The van der Waals surface area contributed by atoms with Gasteiger partial charge in [0.2, 0.25) is 0 Å². The van der Waals surface area contributed by atoms with Gasteiger partial charge in [-0.1, -0.05) is 32.6 Å². The second-order valence-electron chi connectivity index (χ2n) is 5.38. The molecule has 3 heteroatoms. The first-order valence-corrected chi connectivity index (χ1v) is 7.66. The van der Waals surface area contributed by atoms with Gasteiger partial charge in [-0.05, 0) is 25.7 Å². The number of hydrogen-bond acceptors (Lipinski definition) is 2. The van der Waals surface area contributed by atoms with Gasteiger partial charge in [-0.15, -0.1) is 11.6 Å². The van der Waals surface area contributed by atoms with Crippen LogP contribution in [0.4, 0.5) is 0 Å². The maximum Gasteiger partial charge on any atom is 0.100 e. The highest BCUT2D eigenvalue weighted by Gasteiger charge is 2.42. The molecule has 17 heavy (non-hydrogen) atoms. The average molecular weight is 261 g/mol. The molecule has 2 aliphatic rings. The Labute approximate surface area is 110 Å². The SMILES string of the molecule is CCCOC1C(Cl)CC1OC1CCCCCC1. The molecule has 0 saturated heterocycles. The predicted molar refractivity (Wildman–Crippen MR) is 70.7 cm³/mol. The minimum atomic E-state index is 0.139. The molecular formula is C14H25ClO2. The third kappa shape index (κ3) is 3.84. The zero-order valence-corrected chi connectivity index (χ0v) is 11.6. The summed E-state index contributed by atoms with van der Waals surface area (Å²) in [6, 6.07) is 0. The maximum absolute atomic E-state index is 6.19. The van der Waals surface area contributed by atoms with Crippen LogP contribution < -0.4 is 0 Å². The van der Waals surface area contributed by atoms with Crippen LogP contribution >= 0.6 is 11.6 Å². The molecule has 0 amide bonds. The summed E-state index contributed by atoms with van der Waals surface area (Å²) in [6.07, 6.45) is 10.7. The van der Waals surface area contributed by atoms with Crippen LogP contribution in [0, 0.1) is 0 Å². The van der Waals surface area contributed by atoms with E-state index < -0.39 is 0 Å². The molecule has 3 unspecified atom stereocenters. The summed E-state index contributed by atoms with van der Waals surface area (Å²) in [5.41, 5.74) is 0. The van der Waals surface area contributed by atoms with Crippen molar-refractivity contribution in [3.8, 4) is 0 Å². The lowest BCUT2D eigenvalue weighted by molar-refractivity contribution is -0.150. The normalized spacial score (nSPS) is 35.3. The fourth-order valence-electron chi connectivity index (χ4n) is 2.75. The number of hydrogen-bond donors (Lipinski definition) is 0. The van der Waals surface area contributed by atoms with E-state index in [4.69, 9.17) is 21.1 Å². The van der Waals surface area contributed by atoms with E-state index in [2.05, 4.69) is 6.92 Å². The molecule has 100 valence electrons. The Morgan fingerprint density at radius 3 is 2.41 bits per heavy atom. The summed E-state index contributed by atoms with van der Waals surface area (Å²) in [7, 11) is 0. The molecule has 2 aliphatic carbocycles. The van der Waals surface area contributed by atoms with Crippen molar-refractivity contribution in [1.29, 1.82) is 0 Å². The van der Waals surface area contributed by atoms with Gasteiger partial charge in [-0.25, -0.2) is 0 Å². The summed E-state index contributed by atoms with van der Waals surface area (Å²) >= 11 is 6.19. The molecule has 0 heterocycles. The van der Waals surface area contributed by atoms with E-state index in [9.17, 15) is 0 Å². The highest BCUT2D eigenvalue weighted by molar-refractivity contribution is 6.21. The first-order valence-electron chi connectivity index (χ1n) is 7.22. The number of rotatable bonds is 5. The van der Waals surface area contributed by atoms with Gasteiger partial charge >= 0.3 is 0 Å². The van der Waals surface area contributed by atoms with Gasteiger partial charge in [0, 0.05) is 6.61 Å². The topological polar surface area (TPSA) is 18.5 Å². The zero-order chi connectivity index (χ0) is 12.1. The van der Waals surface area contributed by atoms with Crippen LogP contribution in [0.5, 0.6) is 0 Å². The number of ether oxygens (including phenoxy) is 2. The monoisotopic (exact) mass is 260 g/mol. The minimum absolute atomic E-state index is 0.139. The minimum Gasteiger partial charge on any atom is -0.374 e. The van der Waals surface area contributed by atoms with E-state index in [-0.39, 0.29) is 17.6 Å². The summed E-state index contributed by atoms with van der Waals surface area (Å²) in [5.74, 6) is 0. The van der Waals surface area contributed by atoms with E-state index in [1.807, 2.05) is 0 Å². The third-order valence-corrected chi connectivity index (χ3v) is 4.29. The molecule has 3 atom stereocenters. The smallest absolute Gasteiger partial charge is 0.100 e. The number of alkyl halides is 1. The van der Waals surface area contributed by atoms with E-state index in [0.717, 1.165) is 19.4 Å². The lowest BCUT2D eigenvalue weighted by Gasteiger charge is -2.42. The summed E-state index contributed by atoms with van der Waals surface area (Å²) in [6.45, 7) is 2.93. The first kappa shape index (κ1) is 13.6. The van der Waals surface area contributed by atoms with Crippen molar-refractivity contribution in [1.82, 2.24) is 0 Å². The van der Waals surface area contributed by atoms with Crippen LogP contribution in [0.1, 0.15) is 58.3 Å². The van der Waals surface area contributed by atoms with Gasteiger partial charge in [0.15, 0.2) is 0 Å². The second kappa shape index (κ2) is 6.96. The molecular weight excluding hydrogens is 236 g/mol. The van der Waals surface area contributed by atoms with Gasteiger partial charge in [0.1, 0.15) is 6.10 Å². The van der Waals surface area contributed by atoms with Crippen molar-refractivity contribution in [2.45, 2.75) is 82.0 Å². The largest absolute Gasteiger partial charge is 0.374 e. The van der Waals surface area contributed by atoms with E-state index >= 15 is 0 Å². The van der Waals surface area contributed by atoms with Crippen molar-refractivity contribution in [3.05, 3.63) is 0 Å². The van der Waals surface area contributed by atoms with E-state index in [1.165, 1.54) is 38.5 Å². The van der Waals surface area contributed by atoms with Crippen LogP contribution in [0.15, 0.2) is 0 Å². The standard InChI is InChI=1S/C14H25ClO2/c1-2-9-16-14-12(15)10-13(14)17-11-7-5-3-4-6-8-11/h11-14H,2-10H2,1H3. The molecule has 2 nitrogen and oxygen atoms in total. The fraction of sp³-hybridized carbons (Fsp3) is 1.00. The van der Waals surface area contributed by atoms with Crippen LogP contribution in [0.3, 0.4) is 0 Å². The molecule has 0 aromatic rings. The first-order chi connectivity index (χ1) is 8.31. The molecule has 0 spiro atoms. The Balaban J connectivity index is 1.73. The molecule has 0 aromatic heterocycles. The van der Waals surface area contributed by atoms with E-state index in [0.29, 0.717) is 6.10 Å². The Morgan fingerprint density at radius 2 is 1.82 bits per heavy atom. The molecule has 0 N–H and O–H groups in total. The molecule has 2 fully saturated rings. The summed E-state index contributed by atoms with van der Waals surface area (Å²) < 4.78 is 11.9. The number of halogens is 1. The van der Waals surface area contributed by atoms with Gasteiger partial charge in [0.05, 0.1) is 17.6 Å². The molecule has 0 aromatic carbocycles. The fourth-order valence-corrected chi connectivity index (χ4v) is 3.16. The van der Waals surface area contributed by atoms with E-state index in [1.54, 1.807) is 0 Å². The van der Waals surface area contributed by atoms with Gasteiger partial charge < -0.3 is 9.47 Å². The van der Waals surface area contributed by atoms with Gasteiger partial charge in [-0.3, -0.25) is 0 Å². The van der Waals surface area contributed by atoms with Crippen molar-refractivity contribution in [2.24, 2.45) is 0 Å². The Morgan fingerprint density at radius 1 is 1.12 bits per heavy atom. The van der Waals surface area contributed by atoms with Crippen LogP contribution in [-0.4, -0.2) is 30.3 Å². The average Bonchev–Trinajstić information content (AvgIpc) is 2.57. The quantitative estimate of drug-likeness (QED) is 0.551. The highest BCUT2D eigenvalue weighted by Crippen LogP contribution is 2.34. The molecule has 0 bridgehead atoms. The zero-order valence-electron chi connectivity index (χ0n) is 10.9. The Hall–Kier alpha value is 0.210. The Bertz CT molecular complexity index is 214. The van der Waals surface area contributed by atoms with Crippen molar-refractivity contribution >= 4 is 11.6 Å². The van der Waals surface area contributed by atoms with Crippen LogP contribution in [0.25, 0.3) is 0 Å². The van der Waals surface area contributed by atoms with Gasteiger partial charge in [-0.2, -0.15) is 0 Å². The Kier molecular flexibility index (Phi) is 5.58. The second-order valence-corrected chi connectivity index (χ2v) is 5.94.